The van der Waals surface area contributed by atoms with Gasteiger partial charge in [-0.05, 0) is 24.5 Å². The van der Waals surface area contributed by atoms with Gasteiger partial charge in [-0.2, -0.15) is 0 Å². The van der Waals surface area contributed by atoms with E-state index < -0.39 is 0 Å². The van der Waals surface area contributed by atoms with Crippen LogP contribution in [0.4, 0.5) is 0 Å². The summed E-state index contributed by atoms with van der Waals surface area (Å²) in [5.74, 6) is 0. The lowest BCUT2D eigenvalue weighted by Crippen LogP contribution is -2.19. The monoisotopic (exact) mass is 291 g/mol. The zero-order valence-corrected chi connectivity index (χ0v) is 10.8. The fourth-order valence-electron chi connectivity index (χ4n) is 1.78. The highest BCUT2D eigenvalue weighted by molar-refractivity contribution is 9.11. The van der Waals surface area contributed by atoms with Crippen molar-refractivity contribution in [3.05, 3.63) is 31.9 Å². The molecule has 0 radical (unpaired) electrons. The second kappa shape index (κ2) is 4.35. The predicted octanol–water partition coefficient (Wildman–Crippen LogP) is 3.89. The van der Waals surface area contributed by atoms with Crippen LogP contribution in [-0.4, -0.2) is 6.54 Å². The highest BCUT2D eigenvalue weighted by Gasteiger charge is 2.24. The zero-order valence-electron chi connectivity index (χ0n) is 7.65. The molecule has 1 aromatic rings. The fourth-order valence-corrected chi connectivity index (χ4v) is 3.30. The van der Waals surface area contributed by atoms with Gasteiger partial charge in [0.1, 0.15) is 0 Å². The molecule has 1 N–H and O–H groups in total. The largest absolute Gasteiger partial charge is 0.305 e. The molecule has 14 heavy (non-hydrogen) atoms. The highest BCUT2D eigenvalue weighted by atomic mass is 79.9. The van der Waals surface area contributed by atoms with E-state index in [2.05, 4.69) is 33.9 Å². The minimum atomic E-state index is 0.461. The van der Waals surface area contributed by atoms with Crippen molar-refractivity contribution in [2.75, 3.05) is 6.54 Å². The van der Waals surface area contributed by atoms with Crippen LogP contribution in [0.3, 0.4) is 0 Å². The molecule has 1 nitrogen and oxygen atoms in total. The normalized spacial score (nSPS) is 19.7. The number of hydrogen-bond donors (Lipinski definition) is 1. The van der Waals surface area contributed by atoms with E-state index in [4.69, 9.17) is 11.6 Å². The number of rotatable bonds is 3. The number of nitrogens with one attached hydrogen (secondary N) is 1. The van der Waals surface area contributed by atoms with Gasteiger partial charge < -0.3 is 5.32 Å². The molecule has 4 heteroatoms. The maximum Gasteiger partial charge on any atom is 0.0934 e. The molecule has 1 aliphatic rings. The smallest absolute Gasteiger partial charge is 0.0934 e. The molecule has 0 fully saturated rings. The van der Waals surface area contributed by atoms with Gasteiger partial charge in [-0.25, -0.2) is 0 Å². The van der Waals surface area contributed by atoms with Crippen molar-refractivity contribution in [3.63, 3.8) is 0 Å². The molecule has 1 atom stereocenters. The molecule has 1 heterocycles. The first-order valence-corrected chi connectivity index (χ1v) is 6.50. The summed E-state index contributed by atoms with van der Waals surface area (Å²) in [7, 11) is 0. The summed E-state index contributed by atoms with van der Waals surface area (Å²) >= 11 is 11.0. The third-order valence-electron chi connectivity index (χ3n) is 2.39. The lowest BCUT2D eigenvalue weighted by molar-refractivity contribution is 0.563. The molecule has 0 saturated heterocycles. The molecule has 1 unspecified atom stereocenters. The lowest BCUT2D eigenvalue weighted by Gasteiger charge is -2.11. The molecule has 2 rings (SSSR count). The van der Waals surface area contributed by atoms with Crippen LogP contribution in [0.2, 0.25) is 4.34 Å². The summed E-state index contributed by atoms with van der Waals surface area (Å²) in [6, 6.07) is 2.55. The van der Waals surface area contributed by atoms with Crippen molar-refractivity contribution in [2.45, 2.75) is 18.9 Å². The van der Waals surface area contributed by atoms with Gasteiger partial charge in [-0.1, -0.05) is 34.1 Å². The van der Waals surface area contributed by atoms with Crippen molar-refractivity contribution in [1.29, 1.82) is 0 Å². The molecule has 0 spiro atoms. The van der Waals surface area contributed by atoms with E-state index >= 15 is 0 Å². The zero-order chi connectivity index (χ0) is 10.1. The Morgan fingerprint density at radius 2 is 2.57 bits per heavy atom. The second-order valence-electron chi connectivity index (χ2n) is 3.42. The van der Waals surface area contributed by atoms with Crippen molar-refractivity contribution in [2.24, 2.45) is 0 Å². The van der Waals surface area contributed by atoms with E-state index in [1.165, 1.54) is 16.9 Å². The molecule has 0 saturated carbocycles. The van der Waals surface area contributed by atoms with Crippen LogP contribution in [0.25, 0.3) is 0 Å². The summed E-state index contributed by atoms with van der Waals surface area (Å²) in [6.07, 6.45) is 2.33. The Labute approximate surface area is 101 Å². The Kier molecular flexibility index (Phi) is 3.32. The first kappa shape index (κ1) is 10.7. The summed E-state index contributed by atoms with van der Waals surface area (Å²) in [6.45, 7) is 4.63. The second-order valence-corrected chi connectivity index (χ2v) is 6.31. The van der Waals surface area contributed by atoms with Gasteiger partial charge in [0.2, 0.25) is 0 Å². The molecule has 0 bridgehead atoms. The first-order chi connectivity index (χ1) is 6.66. The van der Waals surface area contributed by atoms with E-state index in [-0.39, 0.29) is 0 Å². The van der Waals surface area contributed by atoms with Crippen LogP contribution in [0, 0.1) is 0 Å². The summed E-state index contributed by atoms with van der Waals surface area (Å²) < 4.78 is 1.89. The maximum atomic E-state index is 5.97. The Bertz CT molecular complexity index is 361. The predicted molar refractivity (Wildman–Crippen MR) is 66.5 cm³/mol. The average Bonchev–Trinajstić information content (AvgIpc) is 2.60. The van der Waals surface area contributed by atoms with Crippen molar-refractivity contribution >= 4 is 38.9 Å². The average molecular weight is 293 g/mol. The lowest BCUT2D eigenvalue weighted by atomic mass is 10.2. The van der Waals surface area contributed by atoms with Crippen molar-refractivity contribution in [3.8, 4) is 0 Å². The SMILES string of the molecule is C=C(Br)CNC1CCc2sc(Cl)cc21. The number of aryl methyl sites for hydroxylation is 1. The standard InChI is InChI=1S/C10H11BrClNS/c1-6(11)5-13-8-2-3-9-7(8)4-10(12)14-9/h4,8,13H,1-3,5H2. The topological polar surface area (TPSA) is 12.0 Å². The third kappa shape index (κ3) is 2.22. The summed E-state index contributed by atoms with van der Waals surface area (Å²) in [5.41, 5.74) is 1.38. The number of halogens is 2. The van der Waals surface area contributed by atoms with Crippen molar-refractivity contribution in [1.82, 2.24) is 5.32 Å². The molecule has 76 valence electrons. The number of thiophene rings is 1. The van der Waals surface area contributed by atoms with E-state index in [0.717, 1.165) is 21.8 Å². The van der Waals surface area contributed by atoms with Gasteiger partial charge in [0.25, 0.3) is 0 Å². The Morgan fingerprint density at radius 1 is 1.79 bits per heavy atom. The molecule has 1 aromatic heterocycles. The van der Waals surface area contributed by atoms with Crippen LogP contribution in [-0.2, 0) is 6.42 Å². The van der Waals surface area contributed by atoms with Gasteiger partial charge in [-0.15, -0.1) is 11.3 Å². The number of hydrogen-bond acceptors (Lipinski definition) is 2. The Hall–Kier alpha value is 0.170. The van der Waals surface area contributed by atoms with Gasteiger partial charge in [0, 0.05) is 21.9 Å². The highest BCUT2D eigenvalue weighted by Crippen LogP contribution is 2.39. The molecule has 0 amide bonds. The quantitative estimate of drug-likeness (QED) is 0.891. The molecule has 0 aromatic carbocycles. The van der Waals surface area contributed by atoms with E-state index in [9.17, 15) is 0 Å². The third-order valence-corrected chi connectivity index (χ3v) is 4.01. The minimum absolute atomic E-state index is 0.461. The Morgan fingerprint density at radius 3 is 3.29 bits per heavy atom. The van der Waals surface area contributed by atoms with Crippen LogP contribution in [0.1, 0.15) is 22.9 Å². The first-order valence-electron chi connectivity index (χ1n) is 4.51. The maximum absolute atomic E-state index is 5.97. The summed E-state index contributed by atoms with van der Waals surface area (Å²) in [5, 5.41) is 3.45. The molecule has 1 aliphatic carbocycles. The summed E-state index contributed by atoms with van der Waals surface area (Å²) in [4.78, 5) is 1.44. The van der Waals surface area contributed by atoms with Crippen LogP contribution < -0.4 is 5.32 Å². The van der Waals surface area contributed by atoms with Crippen molar-refractivity contribution < 1.29 is 0 Å². The van der Waals surface area contributed by atoms with Gasteiger partial charge in [-0.3, -0.25) is 0 Å². The van der Waals surface area contributed by atoms with Crippen LogP contribution in [0.15, 0.2) is 17.1 Å². The molecule has 0 aliphatic heterocycles. The van der Waals surface area contributed by atoms with Gasteiger partial charge in [0.15, 0.2) is 0 Å². The van der Waals surface area contributed by atoms with E-state index in [1.54, 1.807) is 11.3 Å². The number of fused-ring (bicyclic) bond motifs is 1. The van der Waals surface area contributed by atoms with E-state index in [0.29, 0.717) is 6.04 Å². The van der Waals surface area contributed by atoms with E-state index in [1.807, 2.05) is 0 Å². The minimum Gasteiger partial charge on any atom is -0.305 e. The molecular formula is C10H11BrClNS. The van der Waals surface area contributed by atoms with Crippen LogP contribution >= 0.6 is 38.9 Å². The Balaban J connectivity index is 2.06. The molecular weight excluding hydrogens is 282 g/mol. The van der Waals surface area contributed by atoms with Gasteiger partial charge in [0.05, 0.1) is 4.34 Å². The van der Waals surface area contributed by atoms with Gasteiger partial charge >= 0.3 is 0 Å². The van der Waals surface area contributed by atoms with Crippen LogP contribution in [0.5, 0.6) is 0 Å². The fraction of sp³-hybridized carbons (Fsp3) is 0.400.